The maximum Gasteiger partial charge on any atom is 0.130 e. The summed E-state index contributed by atoms with van der Waals surface area (Å²) in [6.45, 7) is 1.74. The summed E-state index contributed by atoms with van der Waals surface area (Å²) < 4.78 is 26.7. The van der Waals surface area contributed by atoms with E-state index >= 15 is 0 Å². The molecule has 0 aliphatic heterocycles. The summed E-state index contributed by atoms with van der Waals surface area (Å²) >= 11 is 0. The molecule has 0 aliphatic rings. The van der Waals surface area contributed by atoms with Crippen LogP contribution in [0.5, 0.6) is 0 Å². The normalized spacial score (nSPS) is 13.9. The number of halogens is 2. The van der Waals surface area contributed by atoms with Gasteiger partial charge in [0.25, 0.3) is 0 Å². The highest BCUT2D eigenvalue weighted by Crippen LogP contribution is 2.18. The van der Waals surface area contributed by atoms with Crippen molar-refractivity contribution in [2.75, 3.05) is 6.61 Å². The maximum absolute atomic E-state index is 13.7. The van der Waals surface area contributed by atoms with Gasteiger partial charge in [-0.3, -0.25) is 0 Å². The third-order valence-corrected chi connectivity index (χ3v) is 3.46. The van der Waals surface area contributed by atoms with Crippen molar-refractivity contribution in [2.45, 2.75) is 25.4 Å². The lowest BCUT2D eigenvalue weighted by Crippen LogP contribution is -2.36. The maximum atomic E-state index is 13.7. The van der Waals surface area contributed by atoms with Gasteiger partial charge in [-0.15, -0.1) is 0 Å². The lowest BCUT2D eigenvalue weighted by atomic mass is 10.0. The van der Waals surface area contributed by atoms with Gasteiger partial charge in [0, 0.05) is 23.7 Å². The third kappa shape index (κ3) is 4.34. The second-order valence-corrected chi connectivity index (χ2v) is 5.12. The van der Waals surface area contributed by atoms with Crippen LogP contribution in [0.3, 0.4) is 0 Å². The van der Waals surface area contributed by atoms with Crippen molar-refractivity contribution in [2.24, 2.45) is 0 Å². The van der Waals surface area contributed by atoms with Crippen LogP contribution >= 0.6 is 0 Å². The Morgan fingerprint density at radius 1 is 1.10 bits per heavy atom. The van der Waals surface area contributed by atoms with Crippen molar-refractivity contribution in [1.82, 2.24) is 5.32 Å². The van der Waals surface area contributed by atoms with E-state index in [-0.39, 0.29) is 18.7 Å². The van der Waals surface area contributed by atoms with E-state index < -0.39 is 11.6 Å². The zero-order valence-corrected chi connectivity index (χ0v) is 11.9. The summed E-state index contributed by atoms with van der Waals surface area (Å²) in [6, 6.07) is 12.8. The predicted octanol–water partition coefficient (Wildman–Crippen LogP) is 3.22. The number of hydrogen-bond acceptors (Lipinski definition) is 2. The van der Waals surface area contributed by atoms with E-state index in [1.165, 1.54) is 12.1 Å². The molecule has 0 aliphatic carbocycles. The molecule has 2 rings (SSSR count). The van der Waals surface area contributed by atoms with E-state index in [2.05, 4.69) is 5.32 Å². The average Bonchev–Trinajstić information content (AvgIpc) is 2.47. The number of hydrogen-bond donors (Lipinski definition) is 2. The van der Waals surface area contributed by atoms with Gasteiger partial charge in [-0.05, 0) is 25.0 Å². The monoisotopic (exact) mass is 291 g/mol. The zero-order chi connectivity index (χ0) is 15.2. The Kier molecular flexibility index (Phi) is 5.42. The number of nitrogens with one attached hydrogen (secondary N) is 1. The summed E-state index contributed by atoms with van der Waals surface area (Å²) in [5, 5.41) is 12.7. The van der Waals surface area contributed by atoms with Crippen LogP contribution in [-0.2, 0) is 6.42 Å². The highest BCUT2D eigenvalue weighted by Gasteiger charge is 2.16. The summed E-state index contributed by atoms with van der Waals surface area (Å²) in [7, 11) is 0. The summed E-state index contributed by atoms with van der Waals surface area (Å²) in [5.41, 5.74) is 1.48. The third-order valence-electron chi connectivity index (χ3n) is 3.46. The van der Waals surface area contributed by atoms with E-state index in [0.29, 0.717) is 12.0 Å². The van der Waals surface area contributed by atoms with Crippen LogP contribution in [0.1, 0.15) is 24.1 Å². The molecule has 0 amide bonds. The molecule has 2 N–H and O–H groups in total. The predicted molar refractivity (Wildman–Crippen MR) is 78.9 cm³/mol. The fraction of sp³-hybridized carbons (Fsp3) is 0.294. The highest BCUT2D eigenvalue weighted by molar-refractivity contribution is 5.22. The molecule has 0 saturated carbocycles. The number of rotatable bonds is 6. The van der Waals surface area contributed by atoms with Crippen molar-refractivity contribution < 1.29 is 13.9 Å². The first kappa shape index (κ1) is 15.6. The van der Waals surface area contributed by atoms with Crippen LogP contribution in [-0.4, -0.2) is 17.8 Å². The Morgan fingerprint density at radius 3 is 2.43 bits per heavy atom. The van der Waals surface area contributed by atoms with Crippen molar-refractivity contribution in [1.29, 1.82) is 0 Å². The van der Waals surface area contributed by atoms with Crippen LogP contribution in [0.25, 0.3) is 0 Å². The van der Waals surface area contributed by atoms with Gasteiger partial charge in [0.05, 0.1) is 6.61 Å². The topological polar surface area (TPSA) is 32.3 Å². The van der Waals surface area contributed by atoms with E-state index in [9.17, 15) is 13.9 Å². The Hall–Kier alpha value is -1.78. The van der Waals surface area contributed by atoms with Crippen LogP contribution in [0, 0.1) is 11.6 Å². The lowest BCUT2D eigenvalue weighted by molar-refractivity contribution is 0.232. The fourth-order valence-corrected chi connectivity index (χ4v) is 2.37. The minimum absolute atomic E-state index is 0.0535. The van der Waals surface area contributed by atoms with E-state index in [1.807, 2.05) is 30.3 Å². The molecular formula is C17H19F2NO. The van der Waals surface area contributed by atoms with Crippen molar-refractivity contribution >= 4 is 0 Å². The molecule has 0 heterocycles. The molecule has 2 nitrogen and oxygen atoms in total. The van der Waals surface area contributed by atoms with Gasteiger partial charge in [0.2, 0.25) is 0 Å². The standard InChI is InChI=1S/C17H19F2NO/c1-12(16-8-7-14(18)10-17(16)19)20-15(11-21)9-13-5-3-2-4-6-13/h2-8,10,12,15,20-21H,9,11H2,1H3/t12?,15-/m0/s1. The summed E-state index contributed by atoms with van der Waals surface area (Å²) in [4.78, 5) is 0. The molecule has 21 heavy (non-hydrogen) atoms. The van der Waals surface area contributed by atoms with Crippen LogP contribution in [0.15, 0.2) is 48.5 Å². The van der Waals surface area contributed by atoms with Gasteiger partial charge in [0.1, 0.15) is 11.6 Å². The SMILES string of the molecule is CC(N[C@H](CO)Cc1ccccc1)c1ccc(F)cc1F. The van der Waals surface area contributed by atoms with Crippen LogP contribution in [0.2, 0.25) is 0 Å². The van der Waals surface area contributed by atoms with E-state index in [0.717, 1.165) is 11.6 Å². The molecule has 2 aromatic carbocycles. The second-order valence-electron chi connectivity index (χ2n) is 5.12. The van der Waals surface area contributed by atoms with E-state index in [1.54, 1.807) is 6.92 Å². The van der Waals surface area contributed by atoms with Crippen LogP contribution < -0.4 is 5.32 Å². The van der Waals surface area contributed by atoms with Gasteiger partial charge in [-0.25, -0.2) is 8.78 Å². The molecule has 0 fully saturated rings. The van der Waals surface area contributed by atoms with Crippen molar-refractivity contribution in [3.05, 3.63) is 71.3 Å². The Labute approximate surface area is 123 Å². The summed E-state index contributed by atoms with van der Waals surface area (Å²) in [6.07, 6.45) is 0.643. The average molecular weight is 291 g/mol. The fourth-order valence-electron chi connectivity index (χ4n) is 2.37. The largest absolute Gasteiger partial charge is 0.395 e. The quantitative estimate of drug-likeness (QED) is 0.856. The van der Waals surface area contributed by atoms with Crippen molar-refractivity contribution in [3.8, 4) is 0 Å². The Balaban J connectivity index is 2.04. The van der Waals surface area contributed by atoms with E-state index in [4.69, 9.17) is 0 Å². The number of benzene rings is 2. The molecule has 1 unspecified atom stereocenters. The van der Waals surface area contributed by atoms with Gasteiger partial charge in [-0.1, -0.05) is 36.4 Å². The molecular weight excluding hydrogens is 272 g/mol. The van der Waals surface area contributed by atoms with Crippen LogP contribution in [0.4, 0.5) is 8.78 Å². The molecule has 0 spiro atoms. The molecule has 4 heteroatoms. The summed E-state index contributed by atoms with van der Waals surface area (Å²) in [5.74, 6) is -1.17. The number of aliphatic hydroxyl groups is 1. The molecule has 0 aromatic heterocycles. The lowest BCUT2D eigenvalue weighted by Gasteiger charge is -2.22. The van der Waals surface area contributed by atoms with Crippen molar-refractivity contribution in [3.63, 3.8) is 0 Å². The highest BCUT2D eigenvalue weighted by atomic mass is 19.1. The molecule has 0 saturated heterocycles. The zero-order valence-electron chi connectivity index (χ0n) is 11.9. The van der Waals surface area contributed by atoms with Gasteiger partial charge >= 0.3 is 0 Å². The number of aliphatic hydroxyl groups excluding tert-OH is 1. The Morgan fingerprint density at radius 2 is 1.81 bits per heavy atom. The first-order valence-corrected chi connectivity index (χ1v) is 6.96. The molecule has 2 aromatic rings. The van der Waals surface area contributed by atoms with Gasteiger partial charge < -0.3 is 10.4 Å². The minimum Gasteiger partial charge on any atom is -0.395 e. The minimum atomic E-state index is -0.591. The molecule has 0 radical (unpaired) electrons. The first-order valence-electron chi connectivity index (χ1n) is 6.96. The smallest absolute Gasteiger partial charge is 0.130 e. The molecule has 2 atom stereocenters. The Bertz CT molecular complexity index is 574. The van der Waals surface area contributed by atoms with Gasteiger partial charge in [-0.2, -0.15) is 0 Å². The van der Waals surface area contributed by atoms with Gasteiger partial charge in [0.15, 0.2) is 0 Å². The second kappa shape index (κ2) is 7.29. The molecule has 112 valence electrons. The first-order chi connectivity index (χ1) is 10.1. The molecule has 0 bridgehead atoms.